The number of para-hydroxylation sites is 1. The second-order valence-electron chi connectivity index (χ2n) is 3.74. The lowest BCUT2D eigenvalue weighted by Crippen LogP contribution is -1.98. The third kappa shape index (κ3) is 2.23. The number of H-pyrrole nitrogens is 1. The number of hydrogen-bond donors (Lipinski definition) is 1. The predicted molar refractivity (Wildman–Crippen MR) is 82.1 cm³/mol. The maximum Gasteiger partial charge on any atom is 0.200 e. The Kier molecular flexibility index (Phi) is 3.45. The number of rotatable bonds is 2. The number of thiophene rings is 1. The first-order chi connectivity index (χ1) is 9.18. The molecule has 1 aromatic carbocycles. The van der Waals surface area contributed by atoms with Crippen molar-refractivity contribution in [1.29, 1.82) is 0 Å². The quantitative estimate of drug-likeness (QED) is 0.674. The van der Waals surface area contributed by atoms with Crippen molar-refractivity contribution in [3.05, 3.63) is 50.5 Å². The summed E-state index contributed by atoms with van der Waals surface area (Å²) in [6.45, 7) is 0. The average Bonchev–Trinajstić information content (AvgIpc) is 2.99. The Labute approximate surface area is 128 Å². The van der Waals surface area contributed by atoms with E-state index in [0.717, 1.165) is 4.88 Å². The molecule has 0 amide bonds. The number of nitrogens with one attached hydrogen (secondary N) is 1. The average molecular weight is 328 g/mol. The Bertz CT molecular complexity index is 754. The van der Waals surface area contributed by atoms with Crippen molar-refractivity contribution < 1.29 is 0 Å². The molecular weight excluding hydrogens is 321 g/mol. The van der Waals surface area contributed by atoms with Crippen molar-refractivity contribution in [3.8, 4) is 16.4 Å². The maximum atomic E-state index is 6.24. The minimum absolute atomic E-state index is 0.457. The van der Waals surface area contributed by atoms with Crippen LogP contribution in [-0.2, 0) is 0 Å². The van der Waals surface area contributed by atoms with Crippen LogP contribution in [0.4, 0.5) is 0 Å². The summed E-state index contributed by atoms with van der Waals surface area (Å²) in [5, 5.41) is 10.1. The number of aromatic amines is 1. The second kappa shape index (κ2) is 5.09. The first-order valence-electron chi connectivity index (χ1n) is 5.34. The molecule has 0 bridgehead atoms. The lowest BCUT2D eigenvalue weighted by molar-refractivity contribution is 1.04. The third-order valence-corrected chi connectivity index (χ3v) is 4.32. The molecule has 3 aromatic rings. The summed E-state index contributed by atoms with van der Waals surface area (Å²) in [6.07, 6.45) is 0. The van der Waals surface area contributed by atoms with Crippen LogP contribution < -0.4 is 0 Å². The number of hydrogen-bond acceptors (Lipinski definition) is 3. The van der Waals surface area contributed by atoms with Crippen LogP contribution >= 0.6 is 46.8 Å². The topological polar surface area (TPSA) is 33.6 Å². The largest absolute Gasteiger partial charge is 0.264 e. The molecule has 1 N–H and O–H groups in total. The Morgan fingerprint density at radius 3 is 2.53 bits per heavy atom. The summed E-state index contributed by atoms with van der Waals surface area (Å²) in [5.41, 5.74) is 0.646. The van der Waals surface area contributed by atoms with E-state index < -0.39 is 0 Å². The van der Waals surface area contributed by atoms with E-state index >= 15 is 0 Å². The highest BCUT2D eigenvalue weighted by molar-refractivity contribution is 7.71. The van der Waals surface area contributed by atoms with Crippen molar-refractivity contribution in [2.24, 2.45) is 0 Å². The van der Waals surface area contributed by atoms with Gasteiger partial charge in [-0.1, -0.05) is 35.3 Å². The molecule has 0 fully saturated rings. The van der Waals surface area contributed by atoms with E-state index in [2.05, 4.69) is 10.2 Å². The van der Waals surface area contributed by atoms with Crippen molar-refractivity contribution in [2.75, 3.05) is 0 Å². The number of aromatic nitrogens is 3. The molecule has 19 heavy (non-hydrogen) atoms. The van der Waals surface area contributed by atoms with E-state index in [1.54, 1.807) is 34.1 Å². The summed E-state index contributed by atoms with van der Waals surface area (Å²) in [5.74, 6) is 0.704. The molecule has 0 unspecified atom stereocenters. The van der Waals surface area contributed by atoms with E-state index in [9.17, 15) is 0 Å². The van der Waals surface area contributed by atoms with Gasteiger partial charge in [0.2, 0.25) is 0 Å². The first kappa shape index (κ1) is 12.9. The van der Waals surface area contributed by atoms with E-state index in [1.807, 2.05) is 17.5 Å². The molecule has 0 saturated carbocycles. The van der Waals surface area contributed by atoms with Crippen LogP contribution in [0.15, 0.2) is 35.7 Å². The fraction of sp³-hybridized carbons (Fsp3) is 0. The number of nitrogens with zero attached hydrogens (tertiary/aromatic N) is 2. The molecule has 0 spiro atoms. The van der Waals surface area contributed by atoms with Crippen molar-refractivity contribution in [3.63, 3.8) is 0 Å². The van der Waals surface area contributed by atoms with Gasteiger partial charge in [0.1, 0.15) is 0 Å². The van der Waals surface area contributed by atoms with Gasteiger partial charge in [-0.3, -0.25) is 9.67 Å². The number of benzene rings is 1. The molecule has 2 aromatic heterocycles. The third-order valence-electron chi connectivity index (χ3n) is 2.58. The Hall–Kier alpha value is -1.14. The summed E-state index contributed by atoms with van der Waals surface area (Å²) in [7, 11) is 0. The minimum Gasteiger partial charge on any atom is -0.264 e. The smallest absolute Gasteiger partial charge is 0.200 e. The highest BCUT2D eigenvalue weighted by Gasteiger charge is 2.16. The molecule has 3 rings (SSSR count). The molecule has 96 valence electrons. The molecule has 0 aliphatic carbocycles. The second-order valence-corrected chi connectivity index (χ2v) is 5.88. The van der Waals surface area contributed by atoms with Crippen molar-refractivity contribution in [1.82, 2.24) is 14.8 Å². The molecular formula is C12H7Cl2N3S2. The summed E-state index contributed by atoms with van der Waals surface area (Å²) < 4.78 is 2.21. The fourth-order valence-electron chi connectivity index (χ4n) is 1.78. The normalized spacial score (nSPS) is 10.8. The lowest BCUT2D eigenvalue weighted by Gasteiger charge is -2.09. The fourth-order valence-corrected chi connectivity index (χ4v) is 3.27. The first-order valence-corrected chi connectivity index (χ1v) is 7.38. The molecule has 0 radical (unpaired) electrons. The van der Waals surface area contributed by atoms with E-state index in [1.165, 1.54) is 0 Å². The van der Waals surface area contributed by atoms with Gasteiger partial charge in [0.05, 0.1) is 20.6 Å². The zero-order valence-electron chi connectivity index (χ0n) is 9.43. The van der Waals surface area contributed by atoms with E-state index in [0.29, 0.717) is 26.3 Å². The zero-order chi connectivity index (χ0) is 13.4. The van der Waals surface area contributed by atoms with Crippen LogP contribution in [0.3, 0.4) is 0 Å². The van der Waals surface area contributed by atoms with Gasteiger partial charge in [-0.25, -0.2) is 0 Å². The van der Waals surface area contributed by atoms with Gasteiger partial charge in [-0.15, -0.1) is 11.3 Å². The van der Waals surface area contributed by atoms with Crippen LogP contribution in [-0.4, -0.2) is 14.8 Å². The van der Waals surface area contributed by atoms with Gasteiger partial charge >= 0.3 is 0 Å². The summed E-state index contributed by atoms with van der Waals surface area (Å²) in [6, 6.07) is 9.27. The Morgan fingerprint density at radius 1 is 1.16 bits per heavy atom. The Morgan fingerprint density at radius 2 is 1.89 bits per heavy atom. The van der Waals surface area contributed by atoms with Gasteiger partial charge < -0.3 is 0 Å². The van der Waals surface area contributed by atoms with Crippen LogP contribution in [0, 0.1) is 4.77 Å². The van der Waals surface area contributed by atoms with Crippen LogP contribution in [0.5, 0.6) is 0 Å². The monoisotopic (exact) mass is 327 g/mol. The van der Waals surface area contributed by atoms with Crippen molar-refractivity contribution in [2.45, 2.75) is 0 Å². The van der Waals surface area contributed by atoms with Crippen molar-refractivity contribution >= 4 is 46.8 Å². The molecule has 2 heterocycles. The van der Waals surface area contributed by atoms with Crippen LogP contribution in [0.2, 0.25) is 10.0 Å². The minimum atomic E-state index is 0.457. The van der Waals surface area contributed by atoms with Gasteiger partial charge in [-0.05, 0) is 35.8 Å². The van der Waals surface area contributed by atoms with Gasteiger partial charge in [0.25, 0.3) is 0 Å². The summed E-state index contributed by atoms with van der Waals surface area (Å²) in [4.78, 5) is 0.989. The number of halogens is 2. The van der Waals surface area contributed by atoms with Crippen LogP contribution in [0.25, 0.3) is 16.4 Å². The highest BCUT2D eigenvalue weighted by Crippen LogP contribution is 2.33. The maximum absolute atomic E-state index is 6.24. The molecule has 0 saturated heterocycles. The zero-order valence-corrected chi connectivity index (χ0v) is 12.6. The van der Waals surface area contributed by atoms with Gasteiger partial charge in [0, 0.05) is 0 Å². The molecule has 0 aliphatic rings. The van der Waals surface area contributed by atoms with E-state index in [-0.39, 0.29) is 0 Å². The molecule has 0 aliphatic heterocycles. The van der Waals surface area contributed by atoms with Gasteiger partial charge in [0.15, 0.2) is 10.6 Å². The van der Waals surface area contributed by atoms with Crippen LogP contribution in [0.1, 0.15) is 0 Å². The predicted octanol–water partition coefficient (Wildman–Crippen LogP) is 4.97. The standard InChI is InChI=1S/C12H7Cl2N3S2/c13-7-3-1-4-8(14)10(7)17-11(15-16-12(17)18)9-5-2-6-19-9/h1-6H,(H,16,18). The highest BCUT2D eigenvalue weighted by atomic mass is 35.5. The van der Waals surface area contributed by atoms with Gasteiger partial charge in [-0.2, -0.15) is 5.10 Å². The molecule has 7 heteroatoms. The SMILES string of the molecule is S=c1[nH]nc(-c2cccs2)n1-c1c(Cl)cccc1Cl. The Balaban J connectivity index is 2.32. The lowest BCUT2D eigenvalue weighted by atomic mass is 10.3. The molecule has 0 atom stereocenters. The van der Waals surface area contributed by atoms with E-state index in [4.69, 9.17) is 35.4 Å². The summed E-state index contributed by atoms with van der Waals surface area (Å²) >= 11 is 19.3. The molecule has 3 nitrogen and oxygen atoms in total.